The highest BCUT2D eigenvalue weighted by Gasteiger charge is 2.21. The lowest BCUT2D eigenvalue weighted by molar-refractivity contribution is 0.159. The van der Waals surface area contributed by atoms with Gasteiger partial charge in [0.25, 0.3) is 0 Å². The summed E-state index contributed by atoms with van der Waals surface area (Å²) in [7, 11) is 0. The molecule has 1 atom stereocenters. The number of rotatable bonds is 6. The van der Waals surface area contributed by atoms with Gasteiger partial charge in [0.05, 0.1) is 0 Å². The first-order valence-electron chi connectivity index (χ1n) is 7.39. The highest BCUT2D eigenvalue weighted by Crippen LogP contribution is 2.20. The summed E-state index contributed by atoms with van der Waals surface area (Å²) in [5, 5.41) is 3.47. The largest absolute Gasteiger partial charge is 0.381 e. The third-order valence-corrected chi connectivity index (χ3v) is 4.27. The normalized spacial score (nSPS) is 26.2. The summed E-state index contributed by atoms with van der Waals surface area (Å²) in [6.07, 6.45) is 5.40. The Labute approximate surface area is 118 Å². The molecule has 3 nitrogen and oxygen atoms in total. The first-order chi connectivity index (χ1) is 8.38. The first-order valence-corrected chi connectivity index (χ1v) is 7.39. The van der Waals surface area contributed by atoms with E-state index in [-0.39, 0.29) is 12.4 Å². The van der Waals surface area contributed by atoms with Gasteiger partial charge in [-0.2, -0.15) is 0 Å². The van der Waals surface area contributed by atoms with E-state index in [1.807, 2.05) is 0 Å². The molecule has 0 amide bonds. The Morgan fingerprint density at radius 2 is 1.94 bits per heavy atom. The van der Waals surface area contributed by atoms with Gasteiger partial charge in [0, 0.05) is 13.2 Å². The number of hydrogen-bond acceptors (Lipinski definition) is 3. The van der Waals surface area contributed by atoms with Gasteiger partial charge in [-0.15, -0.1) is 12.4 Å². The number of nitrogens with one attached hydrogen (secondary N) is 1. The Balaban J connectivity index is 0.00000162. The standard InChI is InChI=1S/C14H28N2O.ClH/c1-2-15-11-13-3-7-16(8-4-13)9-5-14-6-10-17-12-14;/h13-15H,2-12H2,1H3;1H. The van der Waals surface area contributed by atoms with Crippen LogP contribution in [0.4, 0.5) is 0 Å². The van der Waals surface area contributed by atoms with Crippen LogP contribution in [-0.2, 0) is 4.74 Å². The van der Waals surface area contributed by atoms with Crippen molar-refractivity contribution >= 4 is 12.4 Å². The van der Waals surface area contributed by atoms with Crippen LogP contribution in [0.15, 0.2) is 0 Å². The van der Waals surface area contributed by atoms with Crippen LogP contribution in [0.2, 0.25) is 0 Å². The monoisotopic (exact) mass is 276 g/mol. The molecule has 2 rings (SSSR count). The van der Waals surface area contributed by atoms with Crippen LogP contribution in [0.1, 0.15) is 32.6 Å². The molecule has 18 heavy (non-hydrogen) atoms. The van der Waals surface area contributed by atoms with Gasteiger partial charge in [0.1, 0.15) is 0 Å². The molecule has 2 fully saturated rings. The van der Waals surface area contributed by atoms with Crippen LogP contribution in [0.25, 0.3) is 0 Å². The summed E-state index contributed by atoms with van der Waals surface area (Å²) < 4.78 is 5.43. The lowest BCUT2D eigenvalue weighted by Gasteiger charge is -2.32. The fourth-order valence-corrected chi connectivity index (χ4v) is 2.94. The predicted octanol–water partition coefficient (Wildman–Crippen LogP) is 2.16. The Hall–Kier alpha value is 0.170. The number of hydrogen-bond donors (Lipinski definition) is 1. The van der Waals surface area contributed by atoms with E-state index in [2.05, 4.69) is 17.1 Å². The van der Waals surface area contributed by atoms with Gasteiger partial charge in [0.15, 0.2) is 0 Å². The zero-order valence-electron chi connectivity index (χ0n) is 11.7. The summed E-state index contributed by atoms with van der Waals surface area (Å²) in [5.74, 6) is 1.76. The summed E-state index contributed by atoms with van der Waals surface area (Å²) in [4.78, 5) is 2.65. The molecule has 0 aromatic carbocycles. The van der Waals surface area contributed by atoms with Gasteiger partial charge < -0.3 is 15.0 Å². The minimum absolute atomic E-state index is 0. The van der Waals surface area contributed by atoms with E-state index in [0.717, 1.165) is 31.6 Å². The van der Waals surface area contributed by atoms with Crippen molar-refractivity contribution in [2.24, 2.45) is 11.8 Å². The number of likely N-dealkylation sites (tertiary alicyclic amines) is 1. The molecular formula is C14H29ClN2O. The highest BCUT2D eigenvalue weighted by molar-refractivity contribution is 5.85. The lowest BCUT2D eigenvalue weighted by Crippen LogP contribution is -2.38. The summed E-state index contributed by atoms with van der Waals surface area (Å²) >= 11 is 0. The average Bonchev–Trinajstić information content (AvgIpc) is 2.88. The zero-order chi connectivity index (χ0) is 11.9. The Morgan fingerprint density at radius 1 is 1.17 bits per heavy atom. The summed E-state index contributed by atoms with van der Waals surface area (Å²) in [6.45, 7) is 10.4. The van der Waals surface area contributed by atoms with Crippen molar-refractivity contribution in [3.05, 3.63) is 0 Å². The van der Waals surface area contributed by atoms with Crippen molar-refractivity contribution in [1.82, 2.24) is 10.2 Å². The number of piperidine rings is 1. The smallest absolute Gasteiger partial charge is 0.0495 e. The topological polar surface area (TPSA) is 24.5 Å². The molecule has 0 radical (unpaired) electrons. The lowest BCUT2D eigenvalue weighted by atomic mass is 9.96. The van der Waals surface area contributed by atoms with Crippen LogP contribution in [0, 0.1) is 11.8 Å². The molecule has 0 bridgehead atoms. The van der Waals surface area contributed by atoms with E-state index >= 15 is 0 Å². The predicted molar refractivity (Wildman–Crippen MR) is 78.5 cm³/mol. The van der Waals surface area contributed by atoms with Crippen LogP contribution in [-0.4, -0.2) is 50.8 Å². The van der Waals surface area contributed by atoms with Crippen molar-refractivity contribution in [2.75, 3.05) is 45.9 Å². The number of halogens is 1. The molecule has 0 aromatic rings. The second-order valence-electron chi connectivity index (χ2n) is 5.61. The van der Waals surface area contributed by atoms with E-state index in [9.17, 15) is 0 Å². The molecule has 0 saturated carbocycles. The average molecular weight is 277 g/mol. The quantitative estimate of drug-likeness (QED) is 0.805. The third kappa shape index (κ3) is 5.43. The second kappa shape index (κ2) is 9.13. The summed E-state index contributed by atoms with van der Waals surface area (Å²) in [6, 6.07) is 0. The molecule has 0 spiro atoms. The van der Waals surface area contributed by atoms with E-state index in [1.54, 1.807) is 0 Å². The van der Waals surface area contributed by atoms with Gasteiger partial charge in [-0.05, 0) is 70.2 Å². The van der Waals surface area contributed by atoms with E-state index in [1.165, 1.54) is 51.9 Å². The van der Waals surface area contributed by atoms with Crippen LogP contribution >= 0.6 is 12.4 Å². The van der Waals surface area contributed by atoms with Crippen molar-refractivity contribution in [1.29, 1.82) is 0 Å². The van der Waals surface area contributed by atoms with Crippen molar-refractivity contribution in [3.63, 3.8) is 0 Å². The molecule has 2 aliphatic rings. The molecule has 1 unspecified atom stereocenters. The zero-order valence-corrected chi connectivity index (χ0v) is 12.5. The molecule has 1 N–H and O–H groups in total. The van der Waals surface area contributed by atoms with Crippen molar-refractivity contribution in [3.8, 4) is 0 Å². The molecule has 4 heteroatoms. The Morgan fingerprint density at radius 3 is 2.56 bits per heavy atom. The fraction of sp³-hybridized carbons (Fsp3) is 1.00. The minimum Gasteiger partial charge on any atom is -0.381 e. The molecule has 0 aromatic heterocycles. The Bertz CT molecular complexity index is 202. The first kappa shape index (κ1) is 16.2. The molecule has 2 aliphatic heterocycles. The van der Waals surface area contributed by atoms with Crippen LogP contribution in [0.5, 0.6) is 0 Å². The second-order valence-corrected chi connectivity index (χ2v) is 5.61. The third-order valence-electron chi connectivity index (χ3n) is 4.27. The van der Waals surface area contributed by atoms with E-state index in [0.29, 0.717) is 0 Å². The van der Waals surface area contributed by atoms with Crippen molar-refractivity contribution < 1.29 is 4.74 Å². The number of ether oxygens (including phenoxy) is 1. The fourth-order valence-electron chi connectivity index (χ4n) is 2.94. The van der Waals surface area contributed by atoms with E-state index < -0.39 is 0 Å². The van der Waals surface area contributed by atoms with Crippen LogP contribution < -0.4 is 5.32 Å². The Kier molecular flexibility index (Phi) is 8.23. The van der Waals surface area contributed by atoms with Crippen LogP contribution in [0.3, 0.4) is 0 Å². The maximum atomic E-state index is 5.43. The van der Waals surface area contributed by atoms with Gasteiger partial charge in [-0.25, -0.2) is 0 Å². The van der Waals surface area contributed by atoms with E-state index in [4.69, 9.17) is 4.74 Å². The molecule has 2 saturated heterocycles. The molecule has 2 heterocycles. The minimum atomic E-state index is 0. The molecule has 108 valence electrons. The SMILES string of the molecule is CCNCC1CCN(CCC2CCOC2)CC1.Cl. The summed E-state index contributed by atoms with van der Waals surface area (Å²) in [5.41, 5.74) is 0. The maximum absolute atomic E-state index is 5.43. The molecular weight excluding hydrogens is 248 g/mol. The maximum Gasteiger partial charge on any atom is 0.0495 e. The van der Waals surface area contributed by atoms with Gasteiger partial charge in [-0.1, -0.05) is 6.92 Å². The molecule has 0 aliphatic carbocycles. The highest BCUT2D eigenvalue weighted by atomic mass is 35.5. The van der Waals surface area contributed by atoms with Gasteiger partial charge in [-0.3, -0.25) is 0 Å². The van der Waals surface area contributed by atoms with Gasteiger partial charge >= 0.3 is 0 Å². The number of nitrogens with zero attached hydrogens (tertiary/aromatic N) is 1. The van der Waals surface area contributed by atoms with Gasteiger partial charge in [0.2, 0.25) is 0 Å². The van der Waals surface area contributed by atoms with Crippen molar-refractivity contribution in [2.45, 2.75) is 32.6 Å².